The third-order valence-corrected chi connectivity index (χ3v) is 3.08. The van der Waals surface area contributed by atoms with Crippen LogP contribution in [0.15, 0.2) is 18.2 Å². The van der Waals surface area contributed by atoms with Gasteiger partial charge in [0.05, 0.1) is 17.6 Å². The maximum atomic E-state index is 11.1. The van der Waals surface area contributed by atoms with E-state index < -0.39 is 10.9 Å². The zero-order valence-electron chi connectivity index (χ0n) is 10.5. The van der Waals surface area contributed by atoms with Gasteiger partial charge in [-0.25, -0.2) is 4.79 Å². The molecular weight excluding hydrogens is 248 g/mol. The van der Waals surface area contributed by atoms with Crippen molar-refractivity contribution in [3.63, 3.8) is 0 Å². The maximum absolute atomic E-state index is 11.1. The molecule has 1 aliphatic carbocycles. The second kappa shape index (κ2) is 5.09. The number of nitrogen functional groups attached to an aromatic ring is 1. The summed E-state index contributed by atoms with van der Waals surface area (Å²) in [7, 11) is 1.24. The molecule has 1 fully saturated rings. The summed E-state index contributed by atoms with van der Waals surface area (Å²) >= 11 is 0. The molecule has 0 bridgehead atoms. The van der Waals surface area contributed by atoms with Gasteiger partial charge < -0.3 is 10.5 Å². The second-order valence-electron chi connectivity index (χ2n) is 4.39. The van der Waals surface area contributed by atoms with Gasteiger partial charge in [0, 0.05) is 6.08 Å². The predicted octanol–water partition coefficient (Wildman–Crippen LogP) is 2.24. The van der Waals surface area contributed by atoms with Crippen LogP contribution in [-0.4, -0.2) is 18.0 Å². The van der Waals surface area contributed by atoms with E-state index in [9.17, 15) is 14.9 Å². The number of nitro benzene ring substituents is 1. The molecular formula is C13H14N2O4. The molecule has 2 rings (SSSR count). The summed E-state index contributed by atoms with van der Waals surface area (Å²) in [6, 6.07) is 3.40. The molecule has 2 N–H and O–H groups in total. The van der Waals surface area contributed by atoms with Gasteiger partial charge in [-0.3, -0.25) is 10.1 Å². The molecule has 1 aromatic rings. The number of ether oxygens (including phenoxy) is 1. The van der Waals surface area contributed by atoms with Crippen LogP contribution in [0, 0.1) is 10.1 Å². The van der Waals surface area contributed by atoms with Crippen LogP contribution in [0.4, 0.5) is 11.4 Å². The highest BCUT2D eigenvalue weighted by Crippen LogP contribution is 2.45. The summed E-state index contributed by atoms with van der Waals surface area (Å²) in [5.74, 6) is -0.239. The van der Waals surface area contributed by atoms with Crippen molar-refractivity contribution in [2.24, 2.45) is 0 Å². The van der Waals surface area contributed by atoms with Crippen LogP contribution in [-0.2, 0) is 9.53 Å². The third kappa shape index (κ3) is 2.73. The number of anilines is 1. The van der Waals surface area contributed by atoms with Crippen LogP contribution >= 0.6 is 0 Å². The second-order valence-corrected chi connectivity index (χ2v) is 4.39. The minimum atomic E-state index is -0.570. The summed E-state index contributed by atoms with van der Waals surface area (Å²) in [6.45, 7) is 0. The van der Waals surface area contributed by atoms with E-state index in [4.69, 9.17) is 5.73 Å². The van der Waals surface area contributed by atoms with Crippen LogP contribution < -0.4 is 5.73 Å². The first-order valence-corrected chi connectivity index (χ1v) is 5.87. The highest BCUT2D eigenvalue weighted by molar-refractivity contribution is 5.89. The van der Waals surface area contributed by atoms with Crippen LogP contribution in [0.5, 0.6) is 0 Å². The normalized spacial score (nSPS) is 14.6. The number of carbonyl (C=O) groups excluding carboxylic acids is 1. The molecule has 1 aliphatic rings. The highest BCUT2D eigenvalue weighted by atomic mass is 16.6. The summed E-state index contributed by atoms with van der Waals surface area (Å²) in [4.78, 5) is 21.6. The Labute approximate surface area is 110 Å². The lowest BCUT2D eigenvalue weighted by Crippen LogP contribution is -2.02. The summed E-state index contributed by atoms with van der Waals surface area (Å²) < 4.78 is 4.45. The van der Waals surface area contributed by atoms with Crippen molar-refractivity contribution in [3.8, 4) is 0 Å². The van der Waals surface area contributed by atoms with Gasteiger partial charge in [-0.05, 0) is 36.5 Å². The van der Waals surface area contributed by atoms with Crippen molar-refractivity contribution < 1.29 is 14.5 Å². The minimum absolute atomic E-state index is 0.149. The van der Waals surface area contributed by atoms with Gasteiger partial charge in [0.1, 0.15) is 5.69 Å². The van der Waals surface area contributed by atoms with E-state index in [0.29, 0.717) is 11.5 Å². The number of nitrogens with zero attached hydrogens (tertiary/aromatic N) is 1. The minimum Gasteiger partial charge on any atom is -0.466 e. The maximum Gasteiger partial charge on any atom is 0.330 e. The van der Waals surface area contributed by atoms with E-state index in [2.05, 4.69) is 4.74 Å². The number of hydrogen-bond donors (Lipinski definition) is 1. The summed E-state index contributed by atoms with van der Waals surface area (Å²) in [5, 5.41) is 11.1. The average Bonchev–Trinajstić information content (AvgIpc) is 3.19. The number of carbonyl (C=O) groups is 1. The Morgan fingerprint density at radius 2 is 2.21 bits per heavy atom. The Hall–Kier alpha value is -2.37. The number of esters is 1. The van der Waals surface area contributed by atoms with E-state index in [1.54, 1.807) is 12.1 Å². The first-order valence-electron chi connectivity index (χ1n) is 5.87. The van der Waals surface area contributed by atoms with Gasteiger partial charge in [0.15, 0.2) is 0 Å². The fourth-order valence-corrected chi connectivity index (χ4v) is 1.95. The Kier molecular flexibility index (Phi) is 3.50. The molecule has 0 saturated heterocycles. The molecule has 0 aliphatic heterocycles. The van der Waals surface area contributed by atoms with E-state index in [0.717, 1.165) is 24.5 Å². The quantitative estimate of drug-likeness (QED) is 0.295. The zero-order chi connectivity index (χ0) is 14.0. The van der Waals surface area contributed by atoms with E-state index in [-0.39, 0.29) is 11.4 Å². The summed E-state index contributed by atoms with van der Waals surface area (Å²) in [5.41, 5.74) is 7.04. The van der Waals surface area contributed by atoms with Gasteiger partial charge in [-0.1, -0.05) is 6.07 Å². The van der Waals surface area contributed by atoms with E-state index >= 15 is 0 Å². The Morgan fingerprint density at radius 1 is 1.53 bits per heavy atom. The van der Waals surface area contributed by atoms with Crippen molar-refractivity contribution in [1.29, 1.82) is 0 Å². The Bertz CT molecular complexity index is 562. The SMILES string of the molecule is COC(=O)/C=C/c1ccc(C2CC2)c(N)c1[N+](=O)[O-]. The number of methoxy groups -OCH3 is 1. The molecule has 100 valence electrons. The lowest BCUT2D eigenvalue weighted by atomic mass is 10.0. The van der Waals surface area contributed by atoms with E-state index in [1.165, 1.54) is 13.2 Å². The predicted molar refractivity (Wildman–Crippen MR) is 70.5 cm³/mol. The molecule has 19 heavy (non-hydrogen) atoms. The molecule has 6 heteroatoms. The first-order chi connectivity index (χ1) is 9.04. The van der Waals surface area contributed by atoms with Crippen LogP contribution in [0.25, 0.3) is 6.08 Å². The van der Waals surface area contributed by atoms with Crippen molar-refractivity contribution in [2.75, 3.05) is 12.8 Å². The van der Waals surface area contributed by atoms with Gasteiger partial charge in [0.2, 0.25) is 0 Å². The van der Waals surface area contributed by atoms with Gasteiger partial charge in [0.25, 0.3) is 5.69 Å². The lowest BCUT2D eigenvalue weighted by molar-refractivity contribution is -0.384. The van der Waals surface area contributed by atoms with E-state index in [1.807, 2.05) is 0 Å². The number of rotatable bonds is 4. The smallest absolute Gasteiger partial charge is 0.330 e. The Morgan fingerprint density at radius 3 is 2.74 bits per heavy atom. The van der Waals surface area contributed by atoms with Crippen molar-refractivity contribution in [2.45, 2.75) is 18.8 Å². The number of nitro groups is 1. The van der Waals surface area contributed by atoms with Crippen LogP contribution in [0.1, 0.15) is 29.9 Å². The summed E-state index contributed by atoms with van der Waals surface area (Å²) in [6.07, 6.45) is 4.51. The van der Waals surface area contributed by atoms with Gasteiger partial charge in [-0.2, -0.15) is 0 Å². The molecule has 0 unspecified atom stereocenters. The molecule has 0 spiro atoms. The lowest BCUT2D eigenvalue weighted by Gasteiger charge is -2.07. The van der Waals surface area contributed by atoms with Gasteiger partial charge >= 0.3 is 5.97 Å². The fourth-order valence-electron chi connectivity index (χ4n) is 1.95. The number of hydrogen-bond acceptors (Lipinski definition) is 5. The van der Waals surface area contributed by atoms with Crippen molar-refractivity contribution >= 4 is 23.4 Å². The van der Waals surface area contributed by atoms with Crippen LogP contribution in [0.2, 0.25) is 0 Å². The third-order valence-electron chi connectivity index (χ3n) is 3.08. The molecule has 0 aromatic heterocycles. The van der Waals surface area contributed by atoms with Gasteiger partial charge in [-0.15, -0.1) is 0 Å². The van der Waals surface area contributed by atoms with Crippen molar-refractivity contribution in [3.05, 3.63) is 39.4 Å². The molecule has 1 saturated carbocycles. The van der Waals surface area contributed by atoms with Crippen molar-refractivity contribution in [1.82, 2.24) is 0 Å². The number of nitrogens with two attached hydrogens (primary N) is 1. The Balaban J connectivity index is 2.43. The highest BCUT2D eigenvalue weighted by Gasteiger charge is 2.30. The fraction of sp³-hybridized carbons (Fsp3) is 0.308. The molecule has 1 aromatic carbocycles. The monoisotopic (exact) mass is 262 g/mol. The first kappa shape index (κ1) is 13.1. The largest absolute Gasteiger partial charge is 0.466 e. The molecule has 0 atom stereocenters. The average molecular weight is 262 g/mol. The standard InChI is InChI=1S/C13H14N2O4/c1-19-11(16)7-5-9-4-6-10(8-2-3-8)12(14)13(9)15(17)18/h4-8H,2-3,14H2,1H3/b7-5+. The van der Waals surface area contributed by atoms with Crippen LogP contribution in [0.3, 0.4) is 0 Å². The molecule has 0 amide bonds. The molecule has 0 radical (unpaired) electrons. The zero-order valence-corrected chi connectivity index (χ0v) is 10.5. The topological polar surface area (TPSA) is 95.5 Å². The number of benzene rings is 1. The molecule has 6 nitrogen and oxygen atoms in total. The molecule has 0 heterocycles.